The van der Waals surface area contributed by atoms with E-state index in [4.69, 9.17) is 5.11 Å². The Kier molecular flexibility index (Phi) is 2.10. The molecule has 1 aliphatic carbocycles. The van der Waals surface area contributed by atoms with Gasteiger partial charge in [-0.2, -0.15) is 0 Å². The van der Waals surface area contributed by atoms with E-state index in [1.165, 1.54) is 7.11 Å². The molecule has 0 radical (unpaired) electrons. The highest BCUT2D eigenvalue weighted by Gasteiger charge is 2.63. The summed E-state index contributed by atoms with van der Waals surface area (Å²) in [5.74, 6) is -1.35. The first-order valence-corrected chi connectivity index (χ1v) is 4.20. The van der Waals surface area contributed by atoms with Crippen LogP contribution < -0.4 is 0 Å². The maximum absolute atomic E-state index is 11.4. The minimum absolute atomic E-state index is 0.427. The van der Waals surface area contributed by atoms with Crippen LogP contribution in [0.15, 0.2) is 0 Å². The molecule has 0 heterocycles. The number of methoxy groups -OCH3 is 1. The first-order chi connectivity index (χ1) is 5.88. The number of carbonyl (C=O) groups excluding carboxylic acids is 1. The fraction of sp³-hybridized carbons (Fsp3) is 0.778. The Labute approximate surface area is 76.9 Å². The van der Waals surface area contributed by atoms with E-state index in [1.807, 2.05) is 0 Å². The zero-order valence-corrected chi connectivity index (χ0v) is 8.09. The van der Waals surface area contributed by atoms with Gasteiger partial charge in [-0.1, -0.05) is 0 Å². The topological polar surface area (TPSA) is 63.6 Å². The highest BCUT2D eigenvalue weighted by Crippen LogP contribution is 2.57. The van der Waals surface area contributed by atoms with Gasteiger partial charge in [0.15, 0.2) is 0 Å². The molecule has 4 nitrogen and oxygen atoms in total. The molecule has 0 unspecified atom stereocenters. The highest BCUT2D eigenvalue weighted by molar-refractivity contribution is 5.89. The van der Waals surface area contributed by atoms with Crippen LogP contribution in [0.25, 0.3) is 0 Å². The molecule has 74 valence electrons. The van der Waals surface area contributed by atoms with Gasteiger partial charge in [0.2, 0.25) is 0 Å². The van der Waals surface area contributed by atoms with Crippen LogP contribution in [0.5, 0.6) is 0 Å². The van der Waals surface area contributed by atoms with Crippen LogP contribution >= 0.6 is 0 Å². The summed E-state index contributed by atoms with van der Waals surface area (Å²) in [7, 11) is 1.29. The molecule has 0 bridgehead atoms. The van der Waals surface area contributed by atoms with Crippen LogP contribution in [-0.4, -0.2) is 24.2 Å². The molecule has 0 aliphatic heterocycles. The van der Waals surface area contributed by atoms with Crippen LogP contribution in [0.2, 0.25) is 0 Å². The minimum Gasteiger partial charge on any atom is -0.481 e. The number of hydrogen-bond acceptors (Lipinski definition) is 3. The van der Waals surface area contributed by atoms with Crippen molar-refractivity contribution in [3.8, 4) is 0 Å². The molecule has 0 spiro atoms. The second kappa shape index (κ2) is 2.72. The number of rotatable bonds is 2. The first kappa shape index (κ1) is 10.0. The Morgan fingerprint density at radius 1 is 1.23 bits per heavy atom. The molecule has 1 N–H and O–H groups in total. The third-order valence-electron chi connectivity index (χ3n) is 3.45. The molecular formula is C9H14O4. The normalized spacial score (nSPS) is 37.8. The van der Waals surface area contributed by atoms with Crippen molar-refractivity contribution in [2.24, 2.45) is 10.8 Å². The van der Waals surface area contributed by atoms with E-state index in [0.717, 1.165) is 0 Å². The van der Waals surface area contributed by atoms with Crippen molar-refractivity contribution in [2.75, 3.05) is 7.11 Å². The Bertz CT molecular complexity index is 260. The van der Waals surface area contributed by atoms with E-state index in [0.29, 0.717) is 12.8 Å². The lowest BCUT2D eigenvalue weighted by atomic mass is 9.51. The molecule has 0 aromatic carbocycles. The Hall–Kier alpha value is -1.06. The van der Waals surface area contributed by atoms with E-state index in [2.05, 4.69) is 4.74 Å². The lowest BCUT2D eigenvalue weighted by molar-refractivity contribution is -0.189. The van der Waals surface area contributed by atoms with Crippen molar-refractivity contribution in [1.82, 2.24) is 0 Å². The van der Waals surface area contributed by atoms with E-state index in [-0.39, 0.29) is 0 Å². The maximum atomic E-state index is 11.4. The van der Waals surface area contributed by atoms with Gasteiger partial charge < -0.3 is 9.84 Å². The lowest BCUT2D eigenvalue weighted by Crippen LogP contribution is -2.57. The highest BCUT2D eigenvalue weighted by atomic mass is 16.5. The van der Waals surface area contributed by atoms with Gasteiger partial charge in [0.05, 0.1) is 17.9 Å². The van der Waals surface area contributed by atoms with Gasteiger partial charge in [-0.25, -0.2) is 0 Å². The first-order valence-electron chi connectivity index (χ1n) is 4.20. The summed E-state index contributed by atoms with van der Waals surface area (Å²) >= 11 is 0. The molecule has 1 saturated carbocycles. The van der Waals surface area contributed by atoms with Gasteiger partial charge >= 0.3 is 11.9 Å². The van der Waals surface area contributed by atoms with Crippen LogP contribution in [0.3, 0.4) is 0 Å². The smallest absolute Gasteiger partial charge is 0.312 e. The van der Waals surface area contributed by atoms with Crippen molar-refractivity contribution >= 4 is 11.9 Å². The fourth-order valence-corrected chi connectivity index (χ4v) is 1.77. The third-order valence-corrected chi connectivity index (χ3v) is 3.45. The zero-order valence-electron chi connectivity index (χ0n) is 8.09. The average Bonchev–Trinajstić information content (AvgIpc) is 2.11. The standard InChI is InChI=1S/C9H14O4/c1-8(6(10)11)4-5-9(8,2)7(12)13-3/h4-5H2,1-3H3,(H,10,11)/t8-,9+/m0/s1. The van der Waals surface area contributed by atoms with E-state index in [9.17, 15) is 9.59 Å². The number of ether oxygens (including phenoxy) is 1. The molecule has 4 heteroatoms. The van der Waals surface area contributed by atoms with E-state index in [1.54, 1.807) is 13.8 Å². The molecule has 2 atom stereocenters. The molecule has 0 amide bonds. The van der Waals surface area contributed by atoms with Crippen LogP contribution in [0, 0.1) is 10.8 Å². The Morgan fingerprint density at radius 3 is 1.92 bits per heavy atom. The molecular weight excluding hydrogens is 172 g/mol. The van der Waals surface area contributed by atoms with Gasteiger partial charge in [-0.3, -0.25) is 9.59 Å². The maximum Gasteiger partial charge on any atom is 0.312 e. The van der Waals surface area contributed by atoms with Gasteiger partial charge in [0.1, 0.15) is 0 Å². The van der Waals surface area contributed by atoms with Gasteiger partial charge in [0.25, 0.3) is 0 Å². The Balaban J connectivity index is 2.94. The van der Waals surface area contributed by atoms with Gasteiger partial charge in [-0.15, -0.1) is 0 Å². The number of carbonyl (C=O) groups is 2. The second-order valence-electron chi connectivity index (χ2n) is 3.96. The van der Waals surface area contributed by atoms with Crippen molar-refractivity contribution in [3.05, 3.63) is 0 Å². The van der Waals surface area contributed by atoms with Crippen molar-refractivity contribution in [1.29, 1.82) is 0 Å². The minimum atomic E-state index is -0.958. The van der Waals surface area contributed by atoms with E-state index < -0.39 is 22.8 Å². The number of carboxylic acid groups (broad SMARTS) is 1. The summed E-state index contributed by atoms with van der Waals surface area (Å²) in [6.45, 7) is 3.24. The monoisotopic (exact) mass is 186 g/mol. The summed E-state index contributed by atoms with van der Waals surface area (Å²) in [5, 5.41) is 8.96. The molecule has 1 rings (SSSR count). The SMILES string of the molecule is COC(=O)[C@@]1(C)CC[C@@]1(C)C(=O)O. The zero-order chi connectivity index (χ0) is 10.3. The summed E-state index contributed by atoms with van der Waals surface area (Å²) in [6, 6.07) is 0. The molecule has 0 aromatic heterocycles. The quantitative estimate of drug-likeness (QED) is 0.655. The number of carboxylic acids is 1. The average molecular weight is 186 g/mol. The summed E-state index contributed by atoms with van der Waals surface area (Å²) in [4.78, 5) is 22.3. The summed E-state index contributed by atoms with van der Waals surface area (Å²) < 4.78 is 4.60. The van der Waals surface area contributed by atoms with Gasteiger partial charge in [-0.05, 0) is 26.7 Å². The second-order valence-corrected chi connectivity index (χ2v) is 3.96. The van der Waals surface area contributed by atoms with Crippen LogP contribution in [0.4, 0.5) is 0 Å². The largest absolute Gasteiger partial charge is 0.481 e. The predicted molar refractivity (Wildman–Crippen MR) is 45.1 cm³/mol. The fourth-order valence-electron chi connectivity index (χ4n) is 1.77. The molecule has 13 heavy (non-hydrogen) atoms. The van der Waals surface area contributed by atoms with Gasteiger partial charge in [0, 0.05) is 0 Å². The number of esters is 1. The summed E-state index contributed by atoms with van der Waals surface area (Å²) in [5.41, 5.74) is -1.81. The third kappa shape index (κ3) is 1.04. The van der Waals surface area contributed by atoms with Crippen molar-refractivity contribution in [3.63, 3.8) is 0 Å². The summed E-state index contributed by atoms with van der Waals surface area (Å²) in [6.07, 6.45) is 1.12. The lowest BCUT2D eigenvalue weighted by Gasteiger charge is -2.50. The van der Waals surface area contributed by atoms with Crippen molar-refractivity contribution < 1.29 is 19.4 Å². The molecule has 0 saturated heterocycles. The van der Waals surface area contributed by atoms with Crippen LogP contribution in [0.1, 0.15) is 26.7 Å². The molecule has 0 aromatic rings. The number of hydrogen-bond donors (Lipinski definition) is 1. The Morgan fingerprint density at radius 2 is 1.69 bits per heavy atom. The molecule has 1 fully saturated rings. The predicted octanol–water partition coefficient (Wildman–Crippen LogP) is 1.05. The number of aliphatic carboxylic acids is 1. The van der Waals surface area contributed by atoms with E-state index >= 15 is 0 Å². The van der Waals surface area contributed by atoms with Crippen molar-refractivity contribution in [2.45, 2.75) is 26.7 Å². The molecule has 1 aliphatic rings. The van der Waals surface area contributed by atoms with Crippen LogP contribution in [-0.2, 0) is 14.3 Å².